The molecule has 0 fully saturated rings. The van der Waals surface area contributed by atoms with E-state index in [2.05, 4.69) is 25.9 Å². The van der Waals surface area contributed by atoms with Crippen molar-refractivity contribution in [2.24, 2.45) is 0 Å². The molecular formula is C17H23N5O2. The second kappa shape index (κ2) is 8.83. The fourth-order valence-electron chi connectivity index (χ4n) is 2.15. The molecule has 0 saturated heterocycles. The van der Waals surface area contributed by atoms with Crippen LogP contribution in [0.1, 0.15) is 19.0 Å². The van der Waals surface area contributed by atoms with Gasteiger partial charge in [-0.2, -0.15) is 4.98 Å². The zero-order chi connectivity index (χ0) is 17.4. The summed E-state index contributed by atoms with van der Waals surface area (Å²) < 4.78 is 5.02. The topological polar surface area (TPSA) is 88.2 Å². The zero-order valence-electron chi connectivity index (χ0n) is 14.2. The van der Waals surface area contributed by atoms with Crippen molar-refractivity contribution in [3.63, 3.8) is 0 Å². The van der Waals surface area contributed by atoms with E-state index < -0.39 is 0 Å². The van der Waals surface area contributed by atoms with Crippen molar-refractivity contribution in [3.05, 3.63) is 36.0 Å². The van der Waals surface area contributed by atoms with Gasteiger partial charge < -0.3 is 20.7 Å². The Labute approximate surface area is 141 Å². The Kier molecular flexibility index (Phi) is 6.51. The van der Waals surface area contributed by atoms with E-state index in [1.807, 2.05) is 37.3 Å². The molecule has 0 spiro atoms. The summed E-state index contributed by atoms with van der Waals surface area (Å²) in [5, 5.41) is 9.18. The highest BCUT2D eigenvalue weighted by Gasteiger charge is 2.04. The molecule has 24 heavy (non-hydrogen) atoms. The Morgan fingerprint density at radius 3 is 2.75 bits per heavy atom. The van der Waals surface area contributed by atoms with Gasteiger partial charge in [0.2, 0.25) is 11.9 Å². The average molecular weight is 329 g/mol. The number of ether oxygens (including phenoxy) is 1. The summed E-state index contributed by atoms with van der Waals surface area (Å²) in [5.41, 5.74) is 2.43. The molecule has 7 heteroatoms. The van der Waals surface area contributed by atoms with E-state index in [4.69, 9.17) is 4.74 Å². The number of nitrogens with one attached hydrogen (secondary N) is 3. The normalized spacial score (nSPS) is 10.3. The average Bonchev–Trinajstić information content (AvgIpc) is 2.51. The van der Waals surface area contributed by atoms with E-state index in [1.54, 1.807) is 7.11 Å². The highest BCUT2D eigenvalue weighted by atomic mass is 16.5. The van der Waals surface area contributed by atoms with Gasteiger partial charge in [-0.1, -0.05) is 6.07 Å². The van der Waals surface area contributed by atoms with Crippen LogP contribution in [0.15, 0.2) is 30.3 Å². The van der Waals surface area contributed by atoms with Gasteiger partial charge >= 0.3 is 0 Å². The molecule has 128 valence electrons. The quantitative estimate of drug-likeness (QED) is 0.645. The van der Waals surface area contributed by atoms with Gasteiger partial charge in [0.05, 0.1) is 0 Å². The molecule has 1 aromatic heterocycles. The minimum atomic E-state index is -0.104. The van der Waals surface area contributed by atoms with Gasteiger partial charge in [-0.25, -0.2) is 4.98 Å². The molecule has 0 aliphatic carbocycles. The lowest BCUT2D eigenvalue weighted by atomic mass is 10.2. The number of aromatic nitrogens is 2. The van der Waals surface area contributed by atoms with Gasteiger partial charge in [-0.05, 0) is 31.5 Å². The van der Waals surface area contributed by atoms with Crippen LogP contribution < -0.4 is 16.0 Å². The van der Waals surface area contributed by atoms with Crippen molar-refractivity contribution in [2.45, 2.75) is 20.3 Å². The maximum Gasteiger partial charge on any atom is 0.224 e. The standard InChI is InChI=1S/C17H23N5O2/c1-12-10-16(22-17(19-12)18-8-5-9-24-3)21-15-7-4-6-14(11-15)20-13(2)23/h4,6-7,10-11H,5,8-9H2,1-3H3,(H,20,23)(H2,18,19,21,22). The number of rotatable bonds is 8. The number of nitrogens with zero attached hydrogens (tertiary/aromatic N) is 2. The van der Waals surface area contributed by atoms with Crippen molar-refractivity contribution >= 4 is 29.0 Å². The molecule has 0 aliphatic heterocycles. The van der Waals surface area contributed by atoms with Crippen LogP contribution in [-0.2, 0) is 9.53 Å². The molecule has 0 atom stereocenters. The van der Waals surface area contributed by atoms with Crippen molar-refractivity contribution in [1.29, 1.82) is 0 Å². The molecule has 0 aliphatic rings. The highest BCUT2D eigenvalue weighted by Crippen LogP contribution is 2.20. The van der Waals surface area contributed by atoms with Gasteiger partial charge in [0.15, 0.2) is 0 Å². The SMILES string of the molecule is COCCCNc1nc(C)cc(Nc2cccc(NC(C)=O)c2)n1. The summed E-state index contributed by atoms with van der Waals surface area (Å²) in [5.74, 6) is 1.16. The van der Waals surface area contributed by atoms with Crippen LogP contribution in [0.25, 0.3) is 0 Å². The van der Waals surface area contributed by atoms with Gasteiger partial charge in [0, 0.05) is 50.3 Å². The Balaban J connectivity index is 2.06. The first kappa shape index (κ1) is 17.7. The van der Waals surface area contributed by atoms with E-state index in [9.17, 15) is 4.79 Å². The number of benzene rings is 1. The fraction of sp³-hybridized carbons (Fsp3) is 0.353. The molecule has 7 nitrogen and oxygen atoms in total. The third kappa shape index (κ3) is 5.85. The molecular weight excluding hydrogens is 306 g/mol. The minimum Gasteiger partial charge on any atom is -0.385 e. The molecule has 0 bridgehead atoms. The van der Waals surface area contributed by atoms with Gasteiger partial charge in [-0.3, -0.25) is 4.79 Å². The number of carbonyl (C=O) groups excluding carboxylic acids is 1. The van der Waals surface area contributed by atoms with Crippen molar-refractivity contribution in [3.8, 4) is 0 Å². The number of amides is 1. The summed E-state index contributed by atoms with van der Waals surface area (Å²) in [7, 11) is 1.68. The second-order valence-corrected chi connectivity index (χ2v) is 5.38. The molecule has 0 saturated carbocycles. The van der Waals surface area contributed by atoms with E-state index in [0.717, 1.165) is 30.0 Å². The lowest BCUT2D eigenvalue weighted by molar-refractivity contribution is -0.114. The van der Waals surface area contributed by atoms with Crippen LogP contribution in [0, 0.1) is 6.92 Å². The molecule has 1 aromatic carbocycles. The van der Waals surface area contributed by atoms with Gasteiger partial charge in [0.25, 0.3) is 0 Å². The molecule has 0 radical (unpaired) electrons. The first-order chi connectivity index (χ1) is 11.6. The summed E-state index contributed by atoms with van der Waals surface area (Å²) in [4.78, 5) is 20.0. The predicted octanol–water partition coefficient (Wildman–Crippen LogP) is 2.94. The number of carbonyl (C=O) groups is 1. The van der Waals surface area contributed by atoms with Crippen LogP contribution in [0.4, 0.5) is 23.1 Å². The van der Waals surface area contributed by atoms with Crippen LogP contribution in [-0.4, -0.2) is 36.1 Å². The van der Waals surface area contributed by atoms with E-state index in [1.165, 1.54) is 6.92 Å². The highest BCUT2D eigenvalue weighted by molar-refractivity contribution is 5.89. The Morgan fingerprint density at radius 1 is 1.21 bits per heavy atom. The monoisotopic (exact) mass is 329 g/mol. The van der Waals surface area contributed by atoms with Crippen molar-refractivity contribution in [2.75, 3.05) is 36.2 Å². The van der Waals surface area contributed by atoms with Crippen LogP contribution >= 0.6 is 0 Å². The lowest BCUT2D eigenvalue weighted by Crippen LogP contribution is -2.09. The molecule has 0 unspecified atom stereocenters. The number of hydrogen-bond acceptors (Lipinski definition) is 6. The lowest BCUT2D eigenvalue weighted by Gasteiger charge is -2.11. The number of aryl methyl sites for hydroxylation is 1. The number of anilines is 4. The van der Waals surface area contributed by atoms with Gasteiger partial charge in [0.1, 0.15) is 5.82 Å². The number of methoxy groups -OCH3 is 1. The number of hydrogen-bond donors (Lipinski definition) is 3. The van der Waals surface area contributed by atoms with Crippen molar-refractivity contribution < 1.29 is 9.53 Å². The largest absolute Gasteiger partial charge is 0.385 e. The smallest absolute Gasteiger partial charge is 0.224 e. The third-order valence-corrected chi connectivity index (χ3v) is 3.12. The Bertz CT molecular complexity index is 690. The summed E-state index contributed by atoms with van der Waals surface area (Å²) in [6.07, 6.45) is 0.884. The fourth-order valence-corrected chi connectivity index (χ4v) is 2.15. The van der Waals surface area contributed by atoms with Crippen LogP contribution in [0.2, 0.25) is 0 Å². The predicted molar refractivity (Wildman–Crippen MR) is 95.8 cm³/mol. The first-order valence-electron chi connectivity index (χ1n) is 7.80. The Morgan fingerprint density at radius 2 is 2.00 bits per heavy atom. The molecule has 2 rings (SSSR count). The maximum absolute atomic E-state index is 11.1. The molecule has 1 amide bonds. The van der Waals surface area contributed by atoms with Crippen molar-refractivity contribution in [1.82, 2.24) is 9.97 Å². The molecule has 3 N–H and O–H groups in total. The second-order valence-electron chi connectivity index (χ2n) is 5.38. The molecule has 1 heterocycles. The van der Waals surface area contributed by atoms with Crippen LogP contribution in [0.3, 0.4) is 0 Å². The Hall–Kier alpha value is -2.67. The minimum absolute atomic E-state index is 0.104. The van der Waals surface area contributed by atoms with E-state index >= 15 is 0 Å². The maximum atomic E-state index is 11.1. The summed E-state index contributed by atoms with van der Waals surface area (Å²) in [6.45, 7) is 4.84. The van der Waals surface area contributed by atoms with E-state index in [0.29, 0.717) is 18.4 Å². The third-order valence-electron chi connectivity index (χ3n) is 3.12. The summed E-state index contributed by atoms with van der Waals surface area (Å²) >= 11 is 0. The molecule has 2 aromatic rings. The van der Waals surface area contributed by atoms with Crippen LogP contribution in [0.5, 0.6) is 0 Å². The van der Waals surface area contributed by atoms with Gasteiger partial charge in [-0.15, -0.1) is 0 Å². The zero-order valence-corrected chi connectivity index (χ0v) is 14.2. The first-order valence-corrected chi connectivity index (χ1v) is 7.80. The summed E-state index contributed by atoms with van der Waals surface area (Å²) in [6, 6.07) is 9.33. The van der Waals surface area contributed by atoms with E-state index in [-0.39, 0.29) is 5.91 Å².